The first-order chi connectivity index (χ1) is 7.92. The molecular weight excluding hydrogens is 308 g/mol. The number of halogens is 1. The topological polar surface area (TPSA) is 76.9 Å². The first-order valence-electron chi connectivity index (χ1n) is 5.49. The molecule has 1 saturated carbocycles. The highest BCUT2D eigenvalue weighted by Gasteiger charge is 2.30. The van der Waals surface area contributed by atoms with E-state index in [2.05, 4.69) is 31.0 Å². The van der Waals surface area contributed by atoms with E-state index >= 15 is 0 Å². The van der Waals surface area contributed by atoms with Crippen LogP contribution in [0.15, 0.2) is 9.63 Å². The summed E-state index contributed by atoms with van der Waals surface area (Å²) >= 11 is 3.10. The van der Waals surface area contributed by atoms with Crippen LogP contribution >= 0.6 is 15.9 Å². The van der Waals surface area contributed by atoms with Gasteiger partial charge in [-0.25, -0.2) is 17.8 Å². The summed E-state index contributed by atoms with van der Waals surface area (Å²) in [5.74, 6) is 0.449. The molecule has 1 unspecified atom stereocenters. The molecule has 1 aliphatic rings. The van der Waals surface area contributed by atoms with Gasteiger partial charge in [-0.15, -0.1) is 5.10 Å². The van der Waals surface area contributed by atoms with Gasteiger partial charge >= 0.3 is 0 Å². The van der Waals surface area contributed by atoms with E-state index in [0.29, 0.717) is 5.92 Å². The van der Waals surface area contributed by atoms with Crippen molar-refractivity contribution in [3.63, 3.8) is 0 Å². The molecule has 1 aliphatic carbocycles. The van der Waals surface area contributed by atoms with E-state index in [1.807, 2.05) is 6.92 Å². The van der Waals surface area contributed by atoms with Gasteiger partial charge in [0.15, 0.2) is 4.60 Å². The van der Waals surface area contributed by atoms with Crippen molar-refractivity contribution in [3.05, 3.63) is 4.60 Å². The standard InChI is InChI=1S/C9H15BrN4O2S/c1-6(7-4-3-5-7)12-17(15,16)9-8(10)11-13-14(9)2/h6-7,12H,3-5H2,1-2H3. The molecule has 96 valence electrons. The van der Waals surface area contributed by atoms with E-state index in [4.69, 9.17) is 0 Å². The summed E-state index contributed by atoms with van der Waals surface area (Å²) in [6.07, 6.45) is 3.37. The maximum Gasteiger partial charge on any atom is 0.260 e. The molecule has 0 bridgehead atoms. The SMILES string of the molecule is CC(NS(=O)(=O)c1c(Br)nnn1C)C1CCC1. The normalized spacial score (nSPS) is 19.0. The zero-order chi connectivity index (χ0) is 12.6. The molecule has 0 amide bonds. The largest absolute Gasteiger partial charge is 0.260 e. The Bertz CT molecular complexity index is 490. The predicted molar refractivity (Wildman–Crippen MR) is 65.8 cm³/mol. The monoisotopic (exact) mass is 322 g/mol. The fraction of sp³-hybridized carbons (Fsp3) is 0.778. The van der Waals surface area contributed by atoms with Gasteiger partial charge in [0.1, 0.15) is 0 Å². The number of aromatic nitrogens is 3. The molecule has 0 spiro atoms. The third kappa shape index (κ3) is 2.53. The smallest absolute Gasteiger partial charge is 0.235 e. The molecule has 1 fully saturated rings. The van der Waals surface area contributed by atoms with E-state index in [9.17, 15) is 8.42 Å². The number of hydrogen-bond acceptors (Lipinski definition) is 4. The van der Waals surface area contributed by atoms with Crippen LogP contribution in [0.5, 0.6) is 0 Å². The second-order valence-electron chi connectivity index (χ2n) is 4.41. The highest BCUT2D eigenvalue weighted by Crippen LogP contribution is 2.30. The maximum absolute atomic E-state index is 12.1. The van der Waals surface area contributed by atoms with E-state index < -0.39 is 10.0 Å². The van der Waals surface area contributed by atoms with Gasteiger partial charge in [0, 0.05) is 13.1 Å². The summed E-state index contributed by atoms with van der Waals surface area (Å²) in [6, 6.07) is -0.0458. The molecule has 0 saturated heterocycles. The minimum atomic E-state index is -3.56. The number of nitrogens with zero attached hydrogens (tertiary/aromatic N) is 3. The lowest BCUT2D eigenvalue weighted by Crippen LogP contribution is -2.41. The van der Waals surface area contributed by atoms with E-state index in [0.717, 1.165) is 12.8 Å². The number of nitrogens with one attached hydrogen (secondary N) is 1. The van der Waals surface area contributed by atoms with Gasteiger partial charge in [0.05, 0.1) is 0 Å². The minimum Gasteiger partial charge on any atom is -0.235 e. The van der Waals surface area contributed by atoms with Crippen LogP contribution in [0.3, 0.4) is 0 Å². The van der Waals surface area contributed by atoms with Crippen molar-refractivity contribution >= 4 is 26.0 Å². The maximum atomic E-state index is 12.1. The third-order valence-corrected chi connectivity index (χ3v) is 5.63. The molecular formula is C9H15BrN4O2S. The number of aryl methyl sites for hydroxylation is 1. The molecule has 1 heterocycles. The molecule has 0 radical (unpaired) electrons. The first kappa shape index (κ1) is 13.0. The highest BCUT2D eigenvalue weighted by molar-refractivity contribution is 9.10. The highest BCUT2D eigenvalue weighted by atomic mass is 79.9. The van der Waals surface area contributed by atoms with Crippen LogP contribution in [0.25, 0.3) is 0 Å². The van der Waals surface area contributed by atoms with Crippen molar-refractivity contribution in [2.75, 3.05) is 0 Å². The first-order valence-corrected chi connectivity index (χ1v) is 7.77. The quantitative estimate of drug-likeness (QED) is 0.898. The Hall–Kier alpha value is -0.470. The molecule has 0 aromatic carbocycles. The van der Waals surface area contributed by atoms with Gasteiger partial charge in [-0.05, 0) is 41.6 Å². The summed E-state index contributed by atoms with van der Waals surface area (Å²) in [4.78, 5) is 0. The van der Waals surface area contributed by atoms with Gasteiger partial charge in [-0.2, -0.15) is 0 Å². The van der Waals surface area contributed by atoms with Gasteiger partial charge in [0.25, 0.3) is 10.0 Å². The van der Waals surface area contributed by atoms with Crippen LogP contribution < -0.4 is 4.72 Å². The Morgan fingerprint density at radius 2 is 2.18 bits per heavy atom. The Kier molecular flexibility index (Phi) is 3.55. The lowest BCUT2D eigenvalue weighted by atomic mass is 9.81. The molecule has 6 nitrogen and oxygen atoms in total. The van der Waals surface area contributed by atoms with Gasteiger partial charge in [-0.3, -0.25) is 0 Å². The molecule has 2 rings (SSSR count). The van der Waals surface area contributed by atoms with Crippen molar-refractivity contribution in [1.29, 1.82) is 0 Å². The summed E-state index contributed by atoms with van der Waals surface area (Å²) in [5.41, 5.74) is 0. The van der Waals surface area contributed by atoms with Crippen LogP contribution in [0, 0.1) is 5.92 Å². The van der Waals surface area contributed by atoms with Crippen LogP contribution in [0.4, 0.5) is 0 Å². The molecule has 8 heteroatoms. The second kappa shape index (κ2) is 4.66. The zero-order valence-corrected chi connectivity index (χ0v) is 12.1. The molecule has 0 aliphatic heterocycles. The van der Waals surface area contributed by atoms with E-state index in [-0.39, 0.29) is 15.7 Å². The fourth-order valence-corrected chi connectivity index (χ4v) is 4.35. The molecule has 1 N–H and O–H groups in total. The summed E-state index contributed by atoms with van der Waals surface area (Å²) in [7, 11) is -2.00. The van der Waals surface area contributed by atoms with Crippen LogP contribution in [0.1, 0.15) is 26.2 Å². The Morgan fingerprint density at radius 1 is 1.53 bits per heavy atom. The Balaban J connectivity index is 2.19. The molecule has 1 aromatic heterocycles. The summed E-state index contributed by atoms with van der Waals surface area (Å²) in [6.45, 7) is 1.90. The van der Waals surface area contributed by atoms with Crippen molar-refractivity contribution in [2.45, 2.75) is 37.3 Å². The molecule has 1 atom stereocenters. The Labute approximate surface area is 109 Å². The minimum absolute atomic E-state index is 0.0458. The second-order valence-corrected chi connectivity index (χ2v) is 6.79. The average molecular weight is 323 g/mol. The predicted octanol–water partition coefficient (Wildman–Crippen LogP) is 1.04. The van der Waals surface area contributed by atoms with Crippen molar-refractivity contribution in [3.8, 4) is 0 Å². The van der Waals surface area contributed by atoms with Crippen molar-refractivity contribution in [1.82, 2.24) is 19.7 Å². The number of hydrogen-bond donors (Lipinski definition) is 1. The number of sulfonamides is 1. The number of rotatable bonds is 4. The molecule has 1 aromatic rings. The average Bonchev–Trinajstić information content (AvgIpc) is 2.41. The van der Waals surface area contributed by atoms with Crippen LogP contribution in [-0.2, 0) is 17.1 Å². The molecule has 17 heavy (non-hydrogen) atoms. The Morgan fingerprint density at radius 3 is 2.59 bits per heavy atom. The third-order valence-electron chi connectivity index (χ3n) is 3.19. The summed E-state index contributed by atoms with van der Waals surface area (Å²) < 4.78 is 28.5. The lowest BCUT2D eigenvalue weighted by molar-refractivity contribution is 0.260. The fourth-order valence-electron chi connectivity index (χ4n) is 1.94. The lowest BCUT2D eigenvalue weighted by Gasteiger charge is -2.31. The van der Waals surface area contributed by atoms with Crippen LogP contribution in [-0.4, -0.2) is 29.5 Å². The van der Waals surface area contributed by atoms with Gasteiger partial charge < -0.3 is 0 Å². The van der Waals surface area contributed by atoms with Gasteiger partial charge in [0.2, 0.25) is 5.03 Å². The van der Waals surface area contributed by atoms with Crippen molar-refractivity contribution < 1.29 is 8.42 Å². The van der Waals surface area contributed by atoms with Crippen molar-refractivity contribution in [2.24, 2.45) is 13.0 Å². The zero-order valence-electron chi connectivity index (χ0n) is 9.72. The van der Waals surface area contributed by atoms with E-state index in [1.54, 1.807) is 7.05 Å². The summed E-state index contributed by atoms with van der Waals surface area (Å²) in [5, 5.41) is 7.42. The van der Waals surface area contributed by atoms with E-state index in [1.165, 1.54) is 11.1 Å². The van der Waals surface area contributed by atoms with Crippen LogP contribution in [0.2, 0.25) is 0 Å². The van der Waals surface area contributed by atoms with Gasteiger partial charge in [-0.1, -0.05) is 11.6 Å².